The lowest BCUT2D eigenvalue weighted by Crippen LogP contribution is -2.36. The summed E-state index contributed by atoms with van der Waals surface area (Å²) < 4.78 is 10.7. The molecule has 0 atom stereocenters. The van der Waals surface area contributed by atoms with E-state index in [0.717, 1.165) is 0 Å². The third-order valence-corrected chi connectivity index (χ3v) is 5.15. The number of amides is 2. The highest BCUT2D eigenvalue weighted by molar-refractivity contribution is 6.12. The maximum Gasteiger partial charge on any atom is 0.412 e. The fourth-order valence-corrected chi connectivity index (χ4v) is 3.57. The molecule has 1 aliphatic heterocycles. The van der Waals surface area contributed by atoms with E-state index < -0.39 is 29.8 Å². The lowest BCUT2D eigenvalue weighted by molar-refractivity contribution is -0.115. The number of Topliss-reactive ketones (excluding diaryl/α,β-unsaturated/α-hetero) is 1. The van der Waals surface area contributed by atoms with Crippen molar-refractivity contribution in [2.45, 2.75) is 32.8 Å². The molecule has 1 fully saturated rings. The second-order valence-electron chi connectivity index (χ2n) is 9.09. The van der Waals surface area contributed by atoms with Crippen molar-refractivity contribution in [3.63, 3.8) is 0 Å². The number of ether oxygens (including phenoxy) is 2. The standard InChI is InChI=1S/C26H27N5O5/c1-26(2,3)36-25(34)30-20-12-19(16-28)22(31-7-9-35-10-8-31)13-21(20)29-24(33)14-23(32)18-6-4-5-17(11-18)15-27/h4-6,11-13H,7-10,14H2,1-3H3,(H,29,33)(H,30,34). The van der Waals surface area contributed by atoms with Gasteiger partial charge in [-0.2, -0.15) is 10.5 Å². The fraction of sp³-hybridized carbons (Fsp3) is 0.346. The second-order valence-corrected chi connectivity index (χ2v) is 9.09. The van der Waals surface area contributed by atoms with Gasteiger partial charge in [-0.05, 0) is 45.0 Å². The number of carbonyl (C=O) groups is 3. The monoisotopic (exact) mass is 489 g/mol. The molecule has 0 aliphatic carbocycles. The van der Waals surface area contributed by atoms with Crippen molar-refractivity contribution in [1.29, 1.82) is 10.5 Å². The molecule has 1 saturated heterocycles. The largest absolute Gasteiger partial charge is 0.444 e. The highest BCUT2D eigenvalue weighted by Crippen LogP contribution is 2.33. The molecule has 36 heavy (non-hydrogen) atoms. The van der Waals surface area contributed by atoms with Crippen LogP contribution in [0.25, 0.3) is 0 Å². The number of ketones is 1. The predicted octanol–water partition coefficient (Wildman–Crippen LogP) is 3.83. The third kappa shape index (κ3) is 7.05. The first-order valence-corrected chi connectivity index (χ1v) is 11.3. The van der Waals surface area contributed by atoms with E-state index in [1.807, 2.05) is 11.0 Å². The topological polar surface area (TPSA) is 145 Å². The number of nitrogens with one attached hydrogen (secondary N) is 2. The molecule has 10 nitrogen and oxygen atoms in total. The first kappa shape index (κ1) is 26.2. The summed E-state index contributed by atoms with van der Waals surface area (Å²) in [7, 11) is 0. The van der Waals surface area contributed by atoms with Crippen LogP contribution in [-0.4, -0.2) is 49.7 Å². The Balaban J connectivity index is 1.89. The molecular formula is C26H27N5O5. The van der Waals surface area contributed by atoms with Gasteiger partial charge in [-0.1, -0.05) is 12.1 Å². The molecule has 0 saturated carbocycles. The van der Waals surface area contributed by atoms with Crippen LogP contribution in [0, 0.1) is 22.7 Å². The number of carbonyl (C=O) groups excluding carboxylic acids is 3. The fourth-order valence-electron chi connectivity index (χ4n) is 3.57. The van der Waals surface area contributed by atoms with E-state index in [1.54, 1.807) is 39.0 Å². The molecule has 2 aromatic carbocycles. The van der Waals surface area contributed by atoms with Crippen molar-refractivity contribution >= 4 is 34.8 Å². The van der Waals surface area contributed by atoms with Crippen LogP contribution in [0.4, 0.5) is 21.9 Å². The number of rotatable bonds is 6. The van der Waals surface area contributed by atoms with Crippen molar-refractivity contribution in [3.8, 4) is 12.1 Å². The summed E-state index contributed by atoms with van der Waals surface area (Å²) in [4.78, 5) is 39.8. The quantitative estimate of drug-likeness (QED) is 0.460. The van der Waals surface area contributed by atoms with Crippen LogP contribution in [0.1, 0.15) is 48.7 Å². The molecule has 1 heterocycles. The van der Waals surface area contributed by atoms with E-state index in [9.17, 15) is 19.6 Å². The Morgan fingerprint density at radius 3 is 2.36 bits per heavy atom. The molecule has 0 spiro atoms. The number of hydrogen-bond donors (Lipinski definition) is 2. The van der Waals surface area contributed by atoms with Crippen LogP contribution < -0.4 is 15.5 Å². The Morgan fingerprint density at radius 1 is 1.03 bits per heavy atom. The number of nitrogens with zero attached hydrogens (tertiary/aromatic N) is 3. The van der Waals surface area contributed by atoms with Gasteiger partial charge >= 0.3 is 6.09 Å². The molecule has 2 aromatic rings. The van der Waals surface area contributed by atoms with Gasteiger partial charge in [0.15, 0.2) is 5.78 Å². The van der Waals surface area contributed by atoms with E-state index in [-0.39, 0.29) is 16.9 Å². The van der Waals surface area contributed by atoms with E-state index in [0.29, 0.717) is 43.1 Å². The second kappa shape index (κ2) is 11.3. The Morgan fingerprint density at radius 2 is 1.72 bits per heavy atom. The minimum Gasteiger partial charge on any atom is -0.444 e. The third-order valence-electron chi connectivity index (χ3n) is 5.15. The summed E-state index contributed by atoms with van der Waals surface area (Å²) in [5, 5.41) is 24.1. The molecule has 186 valence electrons. The number of benzene rings is 2. The van der Waals surface area contributed by atoms with Gasteiger partial charge in [0.2, 0.25) is 5.91 Å². The van der Waals surface area contributed by atoms with E-state index in [4.69, 9.17) is 14.7 Å². The van der Waals surface area contributed by atoms with Crippen LogP contribution in [-0.2, 0) is 14.3 Å². The van der Waals surface area contributed by atoms with Gasteiger partial charge in [0, 0.05) is 18.7 Å². The first-order valence-electron chi connectivity index (χ1n) is 11.3. The molecule has 10 heteroatoms. The van der Waals surface area contributed by atoms with Gasteiger partial charge in [0.25, 0.3) is 0 Å². The van der Waals surface area contributed by atoms with Crippen molar-refractivity contribution in [3.05, 3.63) is 53.1 Å². The zero-order chi connectivity index (χ0) is 26.3. The maximum absolute atomic E-state index is 12.8. The maximum atomic E-state index is 12.8. The summed E-state index contributed by atoms with van der Waals surface area (Å²) >= 11 is 0. The molecule has 2 amide bonds. The zero-order valence-corrected chi connectivity index (χ0v) is 20.4. The van der Waals surface area contributed by atoms with Crippen LogP contribution in [0.15, 0.2) is 36.4 Å². The zero-order valence-electron chi connectivity index (χ0n) is 20.4. The lowest BCUT2D eigenvalue weighted by atomic mass is 10.0. The first-order chi connectivity index (χ1) is 17.1. The van der Waals surface area contributed by atoms with Crippen molar-refractivity contribution in [2.75, 3.05) is 41.8 Å². The van der Waals surface area contributed by atoms with Crippen LogP contribution in [0.5, 0.6) is 0 Å². The molecular weight excluding hydrogens is 462 g/mol. The number of hydrogen-bond acceptors (Lipinski definition) is 8. The highest BCUT2D eigenvalue weighted by Gasteiger charge is 2.23. The highest BCUT2D eigenvalue weighted by atomic mass is 16.6. The van der Waals surface area contributed by atoms with Crippen LogP contribution >= 0.6 is 0 Å². The van der Waals surface area contributed by atoms with Gasteiger partial charge in [0.05, 0.1) is 53.9 Å². The van der Waals surface area contributed by atoms with Crippen molar-refractivity contribution in [1.82, 2.24) is 0 Å². The average Bonchev–Trinajstić information content (AvgIpc) is 2.84. The summed E-state index contributed by atoms with van der Waals surface area (Å²) in [6.45, 7) is 7.21. The van der Waals surface area contributed by atoms with E-state index >= 15 is 0 Å². The van der Waals surface area contributed by atoms with Crippen molar-refractivity contribution < 1.29 is 23.9 Å². The summed E-state index contributed by atoms with van der Waals surface area (Å²) in [6.07, 6.45) is -1.24. The Bertz CT molecular complexity index is 1250. The van der Waals surface area contributed by atoms with E-state index in [2.05, 4.69) is 16.7 Å². The molecule has 0 bridgehead atoms. The number of nitriles is 2. The molecule has 1 aliphatic rings. The normalized spacial score (nSPS) is 13.2. The summed E-state index contributed by atoms with van der Waals surface area (Å²) in [6, 6.07) is 13.2. The molecule has 0 radical (unpaired) electrons. The van der Waals surface area contributed by atoms with Gasteiger partial charge in [-0.25, -0.2) is 4.79 Å². The van der Waals surface area contributed by atoms with Crippen molar-refractivity contribution in [2.24, 2.45) is 0 Å². The van der Waals surface area contributed by atoms with E-state index in [1.165, 1.54) is 18.2 Å². The Labute approximate surface area is 209 Å². The van der Waals surface area contributed by atoms with Gasteiger partial charge in [-0.15, -0.1) is 0 Å². The molecule has 0 aromatic heterocycles. The number of morpholine rings is 1. The summed E-state index contributed by atoms with van der Waals surface area (Å²) in [5.41, 5.74) is 1.03. The number of anilines is 3. The Kier molecular flexibility index (Phi) is 8.26. The SMILES string of the molecule is CC(C)(C)OC(=O)Nc1cc(C#N)c(N2CCOCC2)cc1NC(=O)CC(=O)c1cccc(C#N)c1. The van der Waals surface area contributed by atoms with Gasteiger partial charge < -0.3 is 19.7 Å². The van der Waals surface area contributed by atoms with Crippen LogP contribution in [0.2, 0.25) is 0 Å². The molecule has 3 rings (SSSR count). The lowest BCUT2D eigenvalue weighted by Gasteiger charge is -2.30. The van der Waals surface area contributed by atoms with Gasteiger partial charge in [0.1, 0.15) is 11.7 Å². The molecule has 2 N–H and O–H groups in total. The predicted molar refractivity (Wildman–Crippen MR) is 133 cm³/mol. The minimum atomic E-state index is -0.760. The van der Waals surface area contributed by atoms with Crippen LogP contribution in [0.3, 0.4) is 0 Å². The average molecular weight is 490 g/mol. The minimum absolute atomic E-state index is 0.157. The molecule has 0 unspecified atom stereocenters. The van der Waals surface area contributed by atoms with Gasteiger partial charge in [-0.3, -0.25) is 14.9 Å². The Hall–Kier alpha value is -4.41. The summed E-state index contributed by atoms with van der Waals surface area (Å²) in [5.74, 6) is -1.08. The smallest absolute Gasteiger partial charge is 0.412 e.